The van der Waals surface area contributed by atoms with E-state index >= 15 is 0 Å². The molecule has 3 nitrogen and oxygen atoms in total. The first-order chi connectivity index (χ1) is 8.56. The van der Waals surface area contributed by atoms with Gasteiger partial charge in [0, 0.05) is 10.5 Å². The number of carbonyl (C=O) groups excluding carboxylic acids is 1. The molecule has 0 fully saturated rings. The predicted molar refractivity (Wildman–Crippen MR) is 75.9 cm³/mol. The van der Waals surface area contributed by atoms with E-state index in [2.05, 4.69) is 21.2 Å². The van der Waals surface area contributed by atoms with Crippen molar-refractivity contribution in [1.29, 1.82) is 0 Å². The summed E-state index contributed by atoms with van der Waals surface area (Å²) in [7, 11) is 0. The van der Waals surface area contributed by atoms with Crippen LogP contribution in [-0.2, 0) is 4.79 Å². The third-order valence-corrected chi connectivity index (χ3v) is 3.65. The smallest absolute Gasteiger partial charge is 0.227 e. The molecule has 0 saturated carbocycles. The van der Waals surface area contributed by atoms with Crippen LogP contribution in [0.2, 0.25) is 0 Å². The van der Waals surface area contributed by atoms with E-state index in [-0.39, 0.29) is 23.9 Å². The molecule has 4 heteroatoms. The van der Waals surface area contributed by atoms with Crippen LogP contribution in [0, 0.1) is 5.92 Å². The van der Waals surface area contributed by atoms with E-state index < -0.39 is 0 Å². The number of amides is 1. The Hall–Kier alpha value is -1.13. The second-order valence-electron chi connectivity index (χ2n) is 4.68. The molecule has 1 amide bonds. The highest BCUT2D eigenvalue weighted by Crippen LogP contribution is 2.21. The molecule has 3 unspecified atom stereocenters. The van der Waals surface area contributed by atoms with Gasteiger partial charge in [0.2, 0.25) is 5.91 Å². The van der Waals surface area contributed by atoms with Gasteiger partial charge in [-0.25, -0.2) is 0 Å². The first-order valence-electron chi connectivity index (χ1n) is 6.06. The number of hydrogen-bond donors (Lipinski definition) is 2. The first-order valence-corrected chi connectivity index (χ1v) is 6.85. The summed E-state index contributed by atoms with van der Waals surface area (Å²) in [6.07, 6.45) is 4.50. The molecule has 0 aromatic heterocycles. The molecular formula is C14H17BrN2O. The highest BCUT2D eigenvalue weighted by atomic mass is 79.9. The minimum Gasteiger partial charge on any atom is -0.349 e. The molecule has 1 aromatic rings. The molecule has 0 bridgehead atoms. The van der Waals surface area contributed by atoms with Crippen molar-refractivity contribution >= 4 is 21.8 Å². The Labute approximate surface area is 116 Å². The fourth-order valence-corrected chi connectivity index (χ4v) is 2.52. The van der Waals surface area contributed by atoms with Gasteiger partial charge in [-0.15, -0.1) is 0 Å². The largest absolute Gasteiger partial charge is 0.349 e. The minimum atomic E-state index is -0.0883. The number of halogens is 1. The van der Waals surface area contributed by atoms with Gasteiger partial charge in [-0.1, -0.05) is 40.2 Å². The number of benzene rings is 1. The summed E-state index contributed by atoms with van der Waals surface area (Å²) in [5.41, 5.74) is 6.84. The summed E-state index contributed by atoms with van der Waals surface area (Å²) < 4.78 is 1.02. The van der Waals surface area contributed by atoms with E-state index in [0.717, 1.165) is 10.0 Å². The van der Waals surface area contributed by atoms with Gasteiger partial charge in [0.25, 0.3) is 0 Å². The molecule has 0 radical (unpaired) electrons. The predicted octanol–water partition coefficient (Wildman–Crippen LogP) is 2.53. The highest BCUT2D eigenvalue weighted by molar-refractivity contribution is 9.10. The average molecular weight is 309 g/mol. The quantitative estimate of drug-likeness (QED) is 0.843. The summed E-state index contributed by atoms with van der Waals surface area (Å²) in [5, 5.41) is 3.02. The molecular weight excluding hydrogens is 292 g/mol. The van der Waals surface area contributed by atoms with Crippen molar-refractivity contribution in [2.24, 2.45) is 11.7 Å². The van der Waals surface area contributed by atoms with E-state index in [1.54, 1.807) is 0 Å². The Morgan fingerprint density at radius 1 is 1.50 bits per heavy atom. The average Bonchev–Trinajstić information content (AvgIpc) is 2.76. The molecule has 0 heterocycles. The van der Waals surface area contributed by atoms with Crippen molar-refractivity contribution in [2.75, 3.05) is 0 Å². The molecule has 0 spiro atoms. The van der Waals surface area contributed by atoms with Crippen molar-refractivity contribution in [3.63, 3.8) is 0 Å². The van der Waals surface area contributed by atoms with Crippen LogP contribution in [0.25, 0.3) is 0 Å². The van der Waals surface area contributed by atoms with E-state index in [1.807, 2.05) is 43.3 Å². The molecule has 1 aliphatic rings. The Bertz CT molecular complexity index is 473. The number of nitrogens with one attached hydrogen (secondary N) is 1. The molecule has 3 atom stereocenters. The summed E-state index contributed by atoms with van der Waals surface area (Å²) in [4.78, 5) is 12.0. The van der Waals surface area contributed by atoms with Crippen LogP contribution in [0.4, 0.5) is 0 Å². The summed E-state index contributed by atoms with van der Waals surface area (Å²) in [6.45, 7) is 1.98. The monoisotopic (exact) mass is 308 g/mol. The molecule has 96 valence electrons. The molecule has 0 saturated heterocycles. The fraction of sp³-hybridized carbons (Fsp3) is 0.357. The van der Waals surface area contributed by atoms with Gasteiger partial charge in [0.1, 0.15) is 0 Å². The lowest BCUT2D eigenvalue weighted by Gasteiger charge is -2.17. The van der Waals surface area contributed by atoms with Gasteiger partial charge >= 0.3 is 0 Å². The summed E-state index contributed by atoms with van der Waals surface area (Å²) >= 11 is 3.43. The number of nitrogens with two attached hydrogens (primary N) is 1. The Morgan fingerprint density at radius 2 is 2.28 bits per heavy atom. The van der Waals surface area contributed by atoms with Crippen LogP contribution in [0.15, 0.2) is 40.9 Å². The van der Waals surface area contributed by atoms with Crippen molar-refractivity contribution in [2.45, 2.75) is 25.4 Å². The molecule has 0 aliphatic heterocycles. The van der Waals surface area contributed by atoms with Crippen LogP contribution >= 0.6 is 15.9 Å². The maximum Gasteiger partial charge on any atom is 0.227 e. The van der Waals surface area contributed by atoms with E-state index in [1.165, 1.54) is 0 Å². The zero-order valence-corrected chi connectivity index (χ0v) is 11.9. The van der Waals surface area contributed by atoms with Crippen LogP contribution in [0.5, 0.6) is 0 Å². The molecule has 3 N–H and O–H groups in total. The topological polar surface area (TPSA) is 55.1 Å². The standard InChI is InChI=1S/C14H17BrN2O/c1-9(10-3-2-4-12(15)7-10)17-14(18)11-5-6-13(16)8-11/h2-7,9,11,13H,8,16H2,1H3,(H,17,18). The van der Waals surface area contributed by atoms with Crippen LogP contribution in [0.1, 0.15) is 24.9 Å². The third-order valence-electron chi connectivity index (χ3n) is 3.16. The van der Waals surface area contributed by atoms with Gasteiger partial charge in [0.15, 0.2) is 0 Å². The first kappa shape index (κ1) is 13.3. The summed E-state index contributed by atoms with van der Waals surface area (Å²) in [5.74, 6) is -0.0405. The van der Waals surface area contributed by atoms with Crippen LogP contribution in [0.3, 0.4) is 0 Å². The molecule has 1 aliphatic carbocycles. The van der Waals surface area contributed by atoms with Crippen LogP contribution in [-0.4, -0.2) is 11.9 Å². The highest BCUT2D eigenvalue weighted by Gasteiger charge is 2.23. The zero-order valence-electron chi connectivity index (χ0n) is 10.3. The van der Waals surface area contributed by atoms with Crippen molar-refractivity contribution in [3.8, 4) is 0 Å². The lowest BCUT2D eigenvalue weighted by molar-refractivity contribution is -0.124. The second-order valence-corrected chi connectivity index (χ2v) is 5.59. The van der Waals surface area contributed by atoms with Gasteiger partial charge in [-0.3, -0.25) is 4.79 Å². The normalized spacial score (nSPS) is 23.9. The van der Waals surface area contributed by atoms with Gasteiger partial charge < -0.3 is 11.1 Å². The van der Waals surface area contributed by atoms with E-state index in [4.69, 9.17) is 5.73 Å². The number of carbonyl (C=O) groups is 1. The maximum atomic E-state index is 12.0. The van der Waals surface area contributed by atoms with Gasteiger partial charge in [0.05, 0.1) is 12.0 Å². The van der Waals surface area contributed by atoms with E-state index in [9.17, 15) is 4.79 Å². The Morgan fingerprint density at radius 3 is 2.89 bits per heavy atom. The minimum absolute atomic E-state index is 0.000208. The SMILES string of the molecule is CC(NC(=O)C1C=CC(N)C1)c1cccc(Br)c1. The van der Waals surface area contributed by atoms with Gasteiger partial charge in [-0.05, 0) is 31.0 Å². The second kappa shape index (κ2) is 5.67. The van der Waals surface area contributed by atoms with Crippen molar-refractivity contribution < 1.29 is 4.79 Å². The Balaban J connectivity index is 1.97. The fourth-order valence-electron chi connectivity index (χ4n) is 2.10. The van der Waals surface area contributed by atoms with E-state index in [0.29, 0.717) is 6.42 Å². The Kier molecular flexibility index (Phi) is 4.19. The number of hydrogen-bond acceptors (Lipinski definition) is 2. The molecule has 2 rings (SSSR count). The van der Waals surface area contributed by atoms with Crippen molar-refractivity contribution in [3.05, 3.63) is 46.5 Å². The molecule has 18 heavy (non-hydrogen) atoms. The summed E-state index contributed by atoms with van der Waals surface area (Å²) in [6, 6.07) is 7.97. The lowest BCUT2D eigenvalue weighted by atomic mass is 10.0. The maximum absolute atomic E-state index is 12.0. The van der Waals surface area contributed by atoms with Crippen LogP contribution < -0.4 is 11.1 Å². The van der Waals surface area contributed by atoms with Crippen molar-refractivity contribution in [1.82, 2.24) is 5.32 Å². The third kappa shape index (κ3) is 3.21. The molecule has 1 aromatic carbocycles. The number of rotatable bonds is 3. The van der Waals surface area contributed by atoms with Gasteiger partial charge in [-0.2, -0.15) is 0 Å². The lowest BCUT2D eigenvalue weighted by Crippen LogP contribution is -2.32. The zero-order chi connectivity index (χ0) is 13.1.